The summed E-state index contributed by atoms with van der Waals surface area (Å²) in [4.78, 5) is 13.0. The monoisotopic (exact) mass is 479 g/mol. The first-order chi connectivity index (χ1) is 14.1. The SMILES string of the molecule is CCCS(=O)(=O)N1CCCCC1C(=O)Nc1cc(S(=O)(=O)N(CC)CC)ccc1Cl. The van der Waals surface area contributed by atoms with Gasteiger partial charge in [0.2, 0.25) is 26.0 Å². The second-order valence-corrected chi connectivity index (χ2v) is 11.5. The third kappa shape index (κ3) is 5.53. The number of carbonyl (C=O) groups is 1. The molecule has 30 heavy (non-hydrogen) atoms. The Balaban J connectivity index is 2.32. The van der Waals surface area contributed by atoms with Gasteiger partial charge in [-0.15, -0.1) is 0 Å². The third-order valence-electron chi connectivity index (χ3n) is 5.11. The van der Waals surface area contributed by atoms with Crippen molar-refractivity contribution in [3.05, 3.63) is 23.2 Å². The van der Waals surface area contributed by atoms with E-state index in [0.29, 0.717) is 38.9 Å². The quantitative estimate of drug-likeness (QED) is 0.586. The number of hydrogen-bond acceptors (Lipinski definition) is 5. The largest absolute Gasteiger partial charge is 0.323 e. The summed E-state index contributed by atoms with van der Waals surface area (Å²) in [7, 11) is -7.27. The predicted molar refractivity (Wildman–Crippen MR) is 119 cm³/mol. The molecule has 0 spiro atoms. The zero-order valence-electron chi connectivity index (χ0n) is 17.6. The lowest BCUT2D eigenvalue weighted by atomic mass is 10.0. The van der Waals surface area contributed by atoms with Crippen LogP contribution in [0, 0.1) is 0 Å². The molecule has 0 aromatic heterocycles. The minimum absolute atomic E-state index is 0.0185. The van der Waals surface area contributed by atoms with Gasteiger partial charge in [0.15, 0.2) is 0 Å². The van der Waals surface area contributed by atoms with Crippen molar-refractivity contribution in [2.75, 3.05) is 30.7 Å². The highest BCUT2D eigenvalue weighted by Crippen LogP contribution is 2.29. The molecule has 170 valence electrons. The summed E-state index contributed by atoms with van der Waals surface area (Å²) >= 11 is 6.20. The van der Waals surface area contributed by atoms with E-state index >= 15 is 0 Å². The van der Waals surface area contributed by atoms with Crippen LogP contribution in [0.4, 0.5) is 5.69 Å². The van der Waals surface area contributed by atoms with Crippen molar-refractivity contribution < 1.29 is 21.6 Å². The molecule has 0 radical (unpaired) electrons. The number of anilines is 1. The van der Waals surface area contributed by atoms with Gasteiger partial charge in [0.25, 0.3) is 0 Å². The van der Waals surface area contributed by atoms with Crippen molar-refractivity contribution in [2.24, 2.45) is 0 Å². The molecule has 1 heterocycles. The van der Waals surface area contributed by atoms with E-state index in [1.165, 1.54) is 26.8 Å². The number of hydrogen-bond donors (Lipinski definition) is 1. The van der Waals surface area contributed by atoms with Crippen LogP contribution in [-0.2, 0) is 24.8 Å². The van der Waals surface area contributed by atoms with E-state index in [9.17, 15) is 21.6 Å². The van der Waals surface area contributed by atoms with E-state index < -0.39 is 32.0 Å². The van der Waals surface area contributed by atoms with Crippen molar-refractivity contribution in [3.63, 3.8) is 0 Å². The molecule has 1 aliphatic rings. The maximum absolute atomic E-state index is 13.0. The summed E-state index contributed by atoms with van der Waals surface area (Å²) in [6.07, 6.45) is 2.31. The molecule has 1 saturated heterocycles. The lowest BCUT2D eigenvalue weighted by Gasteiger charge is -2.33. The molecular weight excluding hydrogens is 450 g/mol. The predicted octanol–water partition coefficient (Wildman–Crippen LogP) is 2.90. The molecule has 1 aliphatic heterocycles. The fraction of sp³-hybridized carbons (Fsp3) is 0.632. The molecule has 1 aromatic rings. The smallest absolute Gasteiger partial charge is 0.243 e. The molecule has 1 amide bonds. The van der Waals surface area contributed by atoms with Crippen LogP contribution in [-0.4, -0.2) is 62.8 Å². The first-order valence-electron chi connectivity index (χ1n) is 10.2. The Labute approximate surface area is 184 Å². The summed E-state index contributed by atoms with van der Waals surface area (Å²) in [5.41, 5.74) is 0.147. The number of amides is 1. The minimum atomic E-state index is -3.73. The number of benzene rings is 1. The molecule has 1 fully saturated rings. The number of halogens is 1. The second-order valence-electron chi connectivity index (χ2n) is 7.16. The van der Waals surface area contributed by atoms with Gasteiger partial charge in [-0.3, -0.25) is 4.79 Å². The fourth-order valence-electron chi connectivity index (χ4n) is 3.56. The standard InChI is InChI=1S/C19H30ClN3O5S2/c1-4-13-29(25,26)23-12-8-7-9-18(23)19(24)21-17-14-15(10-11-16(17)20)30(27,28)22(5-2)6-3/h10-11,14,18H,4-9,12-13H2,1-3H3,(H,21,24). The van der Waals surface area contributed by atoms with E-state index in [0.717, 1.165) is 6.42 Å². The van der Waals surface area contributed by atoms with E-state index in [2.05, 4.69) is 5.32 Å². The van der Waals surface area contributed by atoms with Crippen LogP contribution in [0.15, 0.2) is 23.1 Å². The normalized spacial score (nSPS) is 18.5. The average molecular weight is 480 g/mol. The van der Waals surface area contributed by atoms with Gasteiger partial charge in [-0.25, -0.2) is 16.8 Å². The topological polar surface area (TPSA) is 104 Å². The zero-order valence-corrected chi connectivity index (χ0v) is 20.0. The Kier molecular flexibility index (Phi) is 8.70. The number of rotatable bonds is 9. The van der Waals surface area contributed by atoms with E-state index in [1.807, 2.05) is 0 Å². The average Bonchev–Trinajstić information content (AvgIpc) is 2.70. The molecule has 1 atom stereocenters. The molecular formula is C19H30ClN3O5S2. The molecule has 0 bridgehead atoms. The van der Waals surface area contributed by atoms with Crippen molar-refractivity contribution in [1.82, 2.24) is 8.61 Å². The summed E-state index contributed by atoms with van der Waals surface area (Å²) < 4.78 is 53.3. The molecule has 1 aromatic carbocycles. The van der Waals surface area contributed by atoms with E-state index in [4.69, 9.17) is 11.6 Å². The molecule has 0 aliphatic carbocycles. The first-order valence-corrected chi connectivity index (χ1v) is 13.6. The number of nitrogens with zero attached hydrogens (tertiary/aromatic N) is 2. The number of nitrogens with one attached hydrogen (secondary N) is 1. The Morgan fingerprint density at radius 2 is 1.83 bits per heavy atom. The Morgan fingerprint density at radius 1 is 1.17 bits per heavy atom. The molecule has 1 N–H and O–H groups in total. The van der Waals surface area contributed by atoms with Crippen LogP contribution in [0.3, 0.4) is 0 Å². The van der Waals surface area contributed by atoms with Gasteiger partial charge in [-0.05, 0) is 37.5 Å². The van der Waals surface area contributed by atoms with Gasteiger partial charge >= 0.3 is 0 Å². The highest BCUT2D eigenvalue weighted by Gasteiger charge is 2.36. The Hall–Kier alpha value is -1.20. The Morgan fingerprint density at radius 3 is 2.43 bits per heavy atom. The molecule has 8 nitrogen and oxygen atoms in total. The Bertz CT molecular complexity index is 962. The van der Waals surface area contributed by atoms with Gasteiger partial charge in [-0.1, -0.05) is 38.8 Å². The maximum atomic E-state index is 13.0. The van der Waals surface area contributed by atoms with Gasteiger partial charge in [0.1, 0.15) is 6.04 Å². The van der Waals surface area contributed by atoms with Crippen LogP contribution >= 0.6 is 11.6 Å². The number of sulfonamides is 2. The highest BCUT2D eigenvalue weighted by atomic mass is 35.5. The van der Waals surface area contributed by atoms with Crippen molar-refractivity contribution >= 4 is 43.2 Å². The van der Waals surface area contributed by atoms with Crippen LogP contribution in [0.5, 0.6) is 0 Å². The van der Waals surface area contributed by atoms with Crippen LogP contribution in [0.25, 0.3) is 0 Å². The fourth-order valence-corrected chi connectivity index (χ4v) is 6.96. The summed E-state index contributed by atoms with van der Waals surface area (Å²) in [6, 6.07) is 3.29. The van der Waals surface area contributed by atoms with E-state index in [1.54, 1.807) is 20.8 Å². The van der Waals surface area contributed by atoms with Gasteiger partial charge in [0, 0.05) is 19.6 Å². The lowest BCUT2D eigenvalue weighted by molar-refractivity contribution is -0.120. The first kappa shape index (κ1) is 25.1. The molecule has 11 heteroatoms. The van der Waals surface area contributed by atoms with Crippen LogP contribution in [0.2, 0.25) is 5.02 Å². The van der Waals surface area contributed by atoms with Crippen molar-refractivity contribution in [2.45, 2.75) is 57.4 Å². The number of piperidine rings is 1. The van der Waals surface area contributed by atoms with Crippen molar-refractivity contribution in [1.29, 1.82) is 0 Å². The summed E-state index contributed by atoms with van der Waals surface area (Å²) in [6.45, 7) is 6.19. The third-order valence-corrected chi connectivity index (χ3v) is 9.57. The summed E-state index contributed by atoms with van der Waals surface area (Å²) in [5.74, 6) is -0.525. The summed E-state index contributed by atoms with van der Waals surface area (Å²) in [5, 5.41) is 2.83. The molecule has 0 saturated carbocycles. The maximum Gasteiger partial charge on any atom is 0.243 e. The zero-order chi connectivity index (χ0) is 22.5. The van der Waals surface area contributed by atoms with Crippen molar-refractivity contribution in [3.8, 4) is 0 Å². The number of carbonyl (C=O) groups excluding carboxylic acids is 1. The highest BCUT2D eigenvalue weighted by molar-refractivity contribution is 7.89. The molecule has 2 rings (SSSR count). The molecule has 1 unspecified atom stereocenters. The second kappa shape index (κ2) is 10.4. The van der Waals surface area contributed by atoms with E-state index in [-0.39, 0.29) is 21.4 Å². The van der Waals surface area contributed by atoms with Crippen LogP contribution < -0.4 is 5.32 Å². The van der Waals surface area contributed by atoms with Crippen LogP contribution in [0.1, 0.15) is 46.5 Å². The minimum Gasteiger partial charge on any atom is -0.323 e. The van der Waals surface area contributed by atoms with Gasteiger partial charge in [-0.2, -0.15) is 8.61 Å². The van der Waals surface area contributed by atoms with Gasteiger partial charge < -0.3 is 5.32 Å². The lowest BCUT2D eigenvalue weighted by Crippen LogP contribution is -2.50. The van der Waals surface area contributed by atoms with Gasteiger partial charge in [0.05, 0.1) is 21.4 Å².